The second-order valence-electron chi connectivity index (χ2n) is 5.97. The molecule has 1 aromatic heterocycles. The Labute approximate surface area is 161 Å². The molecule has 1 heterocycles. The molecular weight excluding hydrogens is 360 g/mol. The van der Waals surface area contributed by atoms with E-state index in [-0.39, 0.29) is 11.5 Å². The molecule has 0 saturated carbocycles. The van der Waals surface area contributed by atoms with Crippen molar-refractivity contribution in [1.29, 1.82) is 0 Å². The summed E-state index contributed by atoms with van der Waals surface area (Å²) in [7, 11) is 1.53. The molecule has 0 aliphatic heterocycles. The zero-order valence-corrected chi connectivity index (χ0v) is 15.3. The molecule has 0 spiro atoms. The van der Waals surface area contributed by atoms with Gasteiger partial charge >= 0.3 is 5.97 Å². The Morgan fingerprint density at radius 2 is 1.93 bits per heavy atom. The van der Waals surface area contributed by atoms with Gasteiger partial charge in [-0.15, -0.1) is 0 Å². The van der Waals surface area contributed by atoms with Crippen LogP contribution in [0.3, 0.4) is 0 Å². The van der Waals surface area contributed by atoms with Gasteiger partial charge in [0.1, 0.15) is 17.3 Å². The Morgan fingerprint density at radius 1 is 1.11 bits per heavy atom. The highest BCUT2D eigenvalue weighted by Crippen LogP contribution is 2.26. The number of aromatic carboxylic acids is 1. The number of nitrogens with zero attached hydrogens (tertiary/aromatic N) is 1. The maximum absolute atomic E-state index is 12.1. The highest BCUT2D eigenvalue weighted by atomic mass is 16.5. The Kier molecular flexibility index (Phi) is 5.55. The number of amides is 1. The molecule has 7 nitrogen and oxygen atoms in total. The summed E-state index contributed by atoms with van der Waals surface area (Å²) in [6.45, 7) is 1.81. The fourth-order valence-electron chi connectivity index (χ4n) is 2.62. The number of furan rings is 1. The minimum atomic E-state index is -0.978. The zero-order valence-electron chi connectivity index (χ0n) is 15.3. The van der Waals surface area contributed by atoms with E-state index in [1.54, 1.807) is 48.5 Å². The van der Waals surface area contributed by atoms with E-state index in [9.17, 15) is 9.59 Å². The first kappa shape index (κ1) is 18.9. The van der Waals surface area contributed by atoms with Crippen molar-refractivity contribution in [3.8, 4) is 17.1 Å². The Bertz CT molecular complexity index is 1050. The molecular formula is C21H18N2O5. The summed E-state index contributed by atoms with van der Waals surface area (Å²) in [4.78, 5) is 23.1. The van der Waals surface area contributed by atoms with Gasteiger partial charge in [-0.05, 0) is 55.0 Å². The van der Waals surface area contributed by atoms with E-state index in [0.29, 0.717) is 22.8 Å². The van der Waals surface area contributed by atoms with Gasteiger partial charge in [0, 0.05) is 11.1 Å². The number of hydrazone groups is 1. The predicted octanol–water partition coefficient (Wildman–Crippen LogP) is 3.73. The van der Waals surface area contributed by atoms with Gasteiger partial charge in [-0.25, -0.2) is 10.2 Å². The van der Waals surface area contributed by atoms with Crippen LogP contribution in [0.5, 0.6) is 5.75 Å². The number of ether oxygens (including phenoxy) is 1. The highest BCUT2D eigenvalue weighted by molar-refractivity contribution is 5.95. The minimum Gasteiger partial charge on any atom is -0.497 e. The van der Waals surface area contributed by atoms with Crippen LogP contribution < -0.4 is 10.2 Å². The maximum atomic E-state index is 12.1. The maximum Gasteiger partial charge on any atom is 0.335 e. The summed E-state index contributed by atoms with van der Waals surface area (Å²) in [5.41, 5.74) is 4.63. The van der Waals surface area contributed by atoms with Crippen molar-refractivity contribution in [1.82, 2.24) is 5.43 Å². The monoisotopic (exact) mass is 378 g/mol. The molecule has 0 fully saturated rings. The molecule has 2 aromatic carbocycles. The van der Waals surface area contributed by atoms with Crippen LogP contribution in [0.15, 0.2) is 64.1 Å². The Balaban J connectivity index is 1.69. The third-order valence-corrected chi connectivity index (χ3v) is 4.06. The number of carboxylic acids is 1. The SMILES string of the molecule is COc1cccc(C(=O)N/N=C/c2ccc(-c3ccc(C(=O)O)cc3C)o2)c1. The lowest BCUT2D eigenvalue weighted by atomic mass is 10.0. The zero-order chi connectivity index (χ0) is 20.1. The van der Waals surface area contributed by atoms with E-state index in [2.05, 4.69) is 10.5 Å². The molecule has 0 aliphatic rings. The van der Waals surface area contributed by atoms with Gasteiger partial charge in [0.25, 0.3) is 5.91 Å². The summed E-state index contributed by atoms with van der Waals surface area (Å²) < 4.78 is 10.8. The van der Waals surface area contributed by atoms with Gasteiger partial charge in [-0.1, -0.05) is 12.1 Å². The molecule has 28 heavy (non-hydrogen) atoms. The van der Waals surface area contributed by atoms with Crippen molar-refractivity contribution < 1.29 is 23.8 Å². The fraction of sp³-hybridized carbons (Fsp3) is 0.0952. The topological polar surface area (TPSA) is 101 Å². The second kappa shape index (κ2) is 8.22. The number of hydrogen-bond acceptors (Lipinski definition) is 5. The van der Waals surface area contributed by atoms with E-state index in [0.717, 1.165) is 11.1 Å². The number of nitrogens with one attached hydrogen (secondary N) is 1. The molecule has 0 unspecified atom stereocenters. The van der Waals surface area contributed by atoms with Gasteiger partial charge in [0.05, 0.1) is 18.9 Å². The number of carbonyl (C=O) groups excluding carboxylic acids is 1. The lowest BCUT2D eigenvalue weighted by Gasteiger charge is -2.04. The number of carboxylic acid groups (broad SMARTS) is 1. The summed E-state index contributed by atoms with van der Waals surface area (Å²) in [6.07, 6.45) is 1.39. The van der Waals surface area contributed by atoms with Crippen molar-refractivity contribution in [2.75, 3.05) is 7.11 Å². The molecule has 3 rings (SSSR count). The van der Waals surface area contributed by atoms with E-state index in [1.165, 1.54) is 19.4 Å². The Hall–Kier alpha value is -3.87. The molecule has 1 amide bonds. The van der Waals surface area contributed by atoms with Crippen LogP contribution in [0.25, 0.3) is 11.3 Å². The first-order chi connectivity index (χ1) is 13.5. The predicted molar refractivity (Wildman–Crippen MR) is 104 cm³/mol. The molecule has 0 radical (unpaired) electrons. The summed E-state index contributed by atoms with van der Waals surface area (Å²) in [6, 6.07) is 15.0. The summed E-state index contributed by atoms with van der Waals surface area (Å²) in [5.74, 6) is 0.255. The van der Waals surface area contributed by atoms with Gasteiger partial charge in [0.15, 0.2) is 0 Å². The fourth-order valence-corrected chi connectivity index (χ4v) is 2.62. The van der Waals surface area contributed by atoms with Crippen LogP contribution in [-0.2, 0) is 0 Å². The normalized spacial score (nSPS) is 10.8. The first-order valence-corrected chi connectivity index (χ1v) is 8.39. The minimum absolute atomic E-state index is 0.217. The van der Waals surface area contributed by atoms with Gasteiger partial charge in [-0.3, -0.25) is 4.79 Å². The van der Waals surface area contributed by atoms with Crippen LogP contribution in [-0.4, -0.2) is 30.3 Å². The Morgan fingerprint density at radius 3 is 2.64 bits per heavy atom. The van der Waals surface area contributed by atoms with E-state index in [1.807, 2.05) is 6.92 Å². The average molecular weight is 378 g/mol. The largest absolute Gasteiger partial charge is 0.497 e. The number of benzene rings is 2. The molecule has 2 N–H and O–H groups in total. The van der Waals surface area contributed by atoms with E-state index >= 15 is 0 Å². The molecule has 0 aliphatic carbocycles. The van der Waals surface area contributed by atoms with E-state index < -0.39 is 5.97 Å². The quantitative estimate of drug-likeness (QED) is 0.503. The molecule has 0 bridgehead atoms. The second-order valence-corrected chi connectivity index (χ2v) is 5.97. The number of aryl methyl sites for hydroxylation is 1. The molecule has 142 valence electrons. The molecule has 0 saturated heterocycles. The number of rotatable bonds is 6. The smallest absolute Gasteiger partial charge is 0.335 e. The van der Waals surface area contributed by atoms with Crippen LogP contribution in [0.4, 0.5) is 0 Å². The molecule has 7 heteroatoms. The van der Waals surface area contributed by atoms with Crippen LogP contribution in [0, 0.1) is 6.92 Å². The number of hydrogen-bond donors (Lipinski definition) is 2. The summed E-state index contributed by atoms with van der Waals surface area (Å²) in [5, 5.41) is 12.9. The van der Waals surface area contributed by atoms with Gasteiger partial charge in [0.2, 0.25) is 0 Å². The van der Waals surface area contributed by atoms with Crippen molar-refractivity contribution in [2.45, 2.75) is 6.92 Å². The highest BCUT2D eigenvalue weighted by Gasteiger charge is 2.10. The van der Waals surface area contributed by atoms with Crippen LogP contribution >= 0.6 is 0 Å². The van der Waals surface area contributed by atoms with Crippen LogP contribution in [0.1, 0.15) is 32.0 Å². The third-order valence-electron chi connectivity index (χ3n) is 4.06. The van der Waals surface area contributed by atoms with Crippen molar-refractivity contribution in [3.63, 3.8) is 0 Å². The average Bonchev–Trinajstić information content (AvgIpc) is 3.16. The first-order valence-electron chi connectivity index (χ1n) is 8.39. The van der Waals surface area contributed by atoms with Crippen molar-refractivity contribution in [2.24, 2.45) is 5.10 Å². The van der Waals surface area contributed by atoms with Crippen molar-refractivity contribution >= 4 is 18.1 Å². The summed E-state index contributed by atoms with van der Waals surface area (Å²) >= 11 is 0. The van der Waals surface area contributed by atoms with Gasteiger partial charge < -0.3 is 14.3 Å². The lowest BCUT2D eigenvalue weighted by Crippen LogP contribution is -2.17. The number of carbonyl (C=O) groups is 2. The van der Waals surface area contributed by atoms with Crippen LogP contribution in [0.2, 0.25) is 0 Å². The van der Waals surface area contributed by atoms with Crippen molar-refractivity contribution in [3.05, 3.63) is 77.0 Å². The number of methoxy groups -OCH3 is 1. The lowest BCUT2D eigenvalue weighted by molar-refractivity contribution is 0.0696. The van der Waals surface area contributed by atoms with Gasteiger partial charge in [-0.2, -0.15) is 5.10 Å². The standard InChI is InChI=1S/C21H18N2O5/c1-13-10-15(21(25)26)6-8-18(13)19-9-7-17(28-19)12-22-23-20(24)14-4-3-5-16(11-14)27-2/h3-12H,1-2H3,(H,23,24)(H,25,26)/b22-12+. The van der Waals surface area contributed by atoms with E-state index in [4.69, 9.17) is 14.3 Å². The molecule has 3 aromatic rings. The third kappa shape index (κ3) is 4.27. The molecule has 0 atom stereocenters.